The van der Waals surface area contributed by atoms with Crippen molar-refractivity contribution in [2.75, 3.05) is 4.90 Å². The van der Waals surface area contributed by atoms with Gasteiger partial charge >= 0.3 is 11.8 Å². The first-order valence-electron chi connectivity index (χ1n) is 8.66. The van der Waals surface area contributed by atoms with Crippen LogP contribution < -0.4 is 15.6 Å². The third-order valence-electron chi connectivity index (χ3n) is 3.75. The van der Waals surface area contributed by atoms with Gasteiger partial charge in [0, 0.05) is 18.3 Å². The lowest BCUT2D eigenvalue weighted by Gasteiger charge is -2.19. The van der Waals surface area contributed by atoms with E-state index in [0.29, 0.717) is 10.8 Å². The number of aryl methyl sites for hydroxylation is 2. The molecule has 28 heavy (non-hydrogen) atoms. The minimum atomic E-state index is -0.860. The topological polar surface area (TPSA) is 104 Å². The molecule has 0 aliphatic rings. The number of carbonyl (C=O) groups is 3. The van der Waals surface area contributed by atoms with Gasteiger partial charge < -0.3 is 5.32 Å². The zero-order valence-corrected chi connectivity index (χ0v) is 17.3. The van der Waals surface area contributed by atoms with Crippen molar-refractivity contribution in [3.05, 3.63) is 40.4 Å². The van der Waals surface area contributed by atoms with Crippen LogP contribution in [0.25, 0.3) is 0 Å². The van der Waals surface area contributed by atoms with Crippen LogP contribution in [0.5, 0.6) is 0 Å². The van der Waals surface area contributed by atoms with E-state index in [4.69, 9.17) is 0 Å². The number of amides is 3. The van der Waals surface area contributed by atoms with Crippen LogP contribution in [0.2, 0.25) is 0 Å². The molecule has 1 heterocycles. The molecule has 0 saturated heterocycles. The fraction of sp³-hybridized carbons (Fsp3) is 0.316. The molecule has 0 unspecified atom stereocenters. The van der Waals surface area contributed by atoms with Gasteiger partial charge in [-0.05, 0) is 51.0 Å². The van der Waals surface area contributed by atoms with Crippen molar-refractivity contribution >= 4 is 46.1 Å². The van der Waals surface area contributed by atoms with Crippen LogP contribution in [0.4, 0.5) is 10.8 Å². The lowest BCUT2D eigenvalue weighted by Crippen LogP contribution is -2.41. The zero-order valence-electron chi connectivity index (χ0n) is 16.4. The molecule has 1 aromatic heterocycles. The van der Waals surface area contributed by atoms with Crippen molar-refractivity contribution in [1.29, 1.82) is 0 Å². The Morgan fingerprint density at radius 2 is 1.89 bits per heavy atom. The number of nitrogens with zero attached hydrogens (tertiary/aromatic N) is 3. The summed E-state index contributed by atoms with van der Waals surface area (Å²) >= 11 is 1.28. The molecule has 148 valence electrons. The summed E-state index contributed by atoms with van der Waals surface area (Å²) in [7, 11) is 0. The van der Waals surface area contributed by atoms with E-state index in [1.807, 2.05) is 32.0 Å². The highest BCUT2D eigenvalue weighted by atomic mass is 32.1. The number of hydrogen-bond acceptors (Lipinski definition) is 6. The summed E-state index contributed by atoms with van der Waals surface area (Å²) in [6.45, 7) is 8.96. The average molecular weight is 401 g/mol. The standard InChI is InChI=1S/C19H23N5O3S/c1-11(2)21-17(26)18(27)23-20-9-15-10-28-19(22-15)24(14(5)25)16-7-6-12(3)13(4)8-16/h6-11H,1-5H3,(H,21,26)(H,23,27)/b20-9-. The van der Waals surface area contributed by atoms with E-state index >= 15 is 0 Å². The lowest BCUT2D eigenvalue weighted by molar-refractivity contribution is -0.139. The second-order valence-corrected chi connectivity index (χ2v) is 7.34. The monoisotopic (exact) mass is 401 g/mol. The molecular formula is C19H23N5O3S. The number of anilines is 2. The van der Waals surface area contributed by atoms with Gasteiger partial charge in [-0.3, -0.25) is 19.3 Å². The van der Waals surface area contributed by atoms with Crippen molar-refractivity contribution in [2.45, 2.75) is 40.7 Å². The highest BCUT2D eigenvalue weighted by Crippen LogP contribution is 2.29. The number of hydrogen-bond donors (Lipinski definition) is 2. The van der Waals surface area contributed by atoms with Gasteiger partial charge in [0.2, 0.25) is 5.91 Å². The molecule has 0 aliphatic heterocycles. The largest absolute Gasteiger partial charge is 0.346 e. The van der Waals surface area contributed by atoms with Crippen LogP contribution >= 0.6 is 11.3 Å². The van der Waals surface area contributed by atoms with E-state index in [0.717, 1.165) is 16.8 Å². The molecule has 0 atom stereocenters. The fourth-order valence-corrected chi connectivity index (χ4v) is 3.10. The number of thiazole rings is 1. The van der Waals surface area contributed by atoms with Crippen molar-refractivity contribution in [3.63, 3.8) is 0 Å². The van der Waals surface area contributed by atoms with Gasteiger partial charge in [0.25, 0.3) is 0 Å². The van der Waals surface area contributed by atoms with Crippen LogP contribution in [0.15, 0.2) is 28.7 Å². The maximum atomic E-state index is 12.2. The smallest absolute Gasteiger partial charge is 0.329 e. The second kappa shape index (κ2) is 9.23. The summed E-state index contributed by atoms with van der Waals surface area (Å²) in [6.07, 6.45) is 1.32. The number of benzene rings is 1. The molecular weight excluding hydrogens is 378 g/mol. The molecule has 2 N–H and O–H groups in total. The Labute approximate surface area is 167 Å². The maximum absolute atomic E-state index is 12.2. The second-order valence-electron chi connectivity index (χ2n) is 6.51. The number of carbonyl (C=O) groups excluding carboxylic acids is 3. The molecule has 0 fully saturated rings. The SMILES string of the molecule is CC(=O)N(c1ccc(C)c(C)c1)c1nc(/C=N\NC(=O)C(=O)NC(C)C)cs1. The summed E-state index contributed by atoms with van der Waals surface area (Å²) in [4.78, 5) is 41.2. The quantitative estimate of drug-likeness (QED) is 0.456. The van der Waals surface area contributed by atoms with Crippen LogP contribution in [-0.4, -0.2) is 35.0 Å². The Morgan fingerprint density at radius 1 is 1.18 bits per heavy atom. The van der Waals surface area contributed by atoms with Gasteiger partial charge in [-0.15, -0.1) is 11.3 Å². The minimum absolute atomic E-state index is 0.147. The zero-order chi connectivity index (χ0) is 20.8. The van der Waals surface area contributed by atoms with Crippen molar-refractivity contribution in [1.82, 2.24) is 15.7 Å². The number of aromatic nitrogens is 1. The van der Waals surface area contributed by atoms with Gasteiger partial charge in [0.1, 0.15) is 0 Å². The minimum Gasteiger partial charge on any atom is -0.346 e. The van der Waals surface area contributed by atoms with E-state index in [2.05, 4.69) is 20.8 Å². The predicted octanol–water partition coefficient (Wildman–Crippen LogP) is 2.42. The third kappa shape index (κ3) is 5.46. The first-order chi connectivity index (χ1) is 13.2. The molecule has 0 aliphatic carbocycles. The van der Waals surface area contributed by atoms with Crippen molar-refractivity contribution < 1.29 is 14.4 Å². The number of hydrazone groups is 1. The lowest BCUT2D eigenvalue weighted by atomic mass is 10.1. The summed E-state index contributed by atoms with van der Waals surface area (Å²) < 4.78 is 0. The Morgan fingerprint density at radius 3 is 2.50 bits per heavy atom. The van der Waals surface area contributed by atoms with E-state index in [9.17, 15) is 14.4 Å². The third-order valence-corrected chi connectivity index (χ3v) is 4.60. The fourth-order valence-electron chi connectivity index (χ4n) is 2.27. The van der Waals surface area contributed by atoms with Gasteiger partial charge in [-0.1, -0.05) is 6.07 Å². The summed E-state index contributed by atoms with van der Waals surface area (Å²) in [5.41, 5.74) is 5.54. The van der Waals surface area contributed by atoms with Crippen LogP contribution in [0.1, 0.15) is 37.6 Å². The normalized spacial score (nSPS) is 10.9. The first-order valence-corrected chi connectivity index (χ1v) is 9.54. The van der Waals surface area contributed by atoms with Crippen LogP contribution in [0, 0.1) is 13.8 Å². The van der Waals surface area contributed by atoms with Gasteiger partial charge in [-0.2, -0.15) is 5.10 Å². The summed E-state index contributed by atoms with van der Waals surface area (Å²) in [5, 5.41) is 8.40. The molecule has 2 rings (SSSR count). The Kier molecular flexibility index (Phi) is 7.00. The van der Waals surface area contributed by atoms with Crippen molar-refractivity contribution in [3.8, 4) is 0 Å². The predicted molar refractivity (Wildman–Crippen MR) is 110 cm³/mol. The van der Waals surface area contributed by atoms with Gasteiger partial charge in [-0.25, -0.2) is 10.4 Å². The van der Waals surface area contributed by atoms with Gasteiger partial charge in [0.15, 0.2) is 5.13 Å². The summed E-state index contributed by atoms with van der Waals surface area (Å²) in [5.74, 6) is -1.79. The first kappa shape index (κ1) is 21.2. The van der Waals surface area contributed by atoms with E-state index in [-0.39, 0.29) is 11.9 Å². The average Bonchev–Trinajstić information content (AvgIpc) is 3.05. The maximum Gasteiger partial charge on any atom is 0.329 e. The molecule has 8 nitrogen and oxygen atoms in total. The summed E-state index contributed by atoms with van der Waals surface area (Å²) in [6, 6.07) is 5.60. The van der Waals surface area contributed by atoms with E-state index < -0.39 is 11.8 Å². The van der Waals surface area contributed by atoms with Gasteiger partial charge in [0.05, 0.1) is 17.6 Å². The van der Waals surface area contributed by atoms with Crippen LogP contribution in [0.3, 0.4) is 0 Å². The Hall–Kier alpha value is -3.07. The molecule has 1 aromatic carbocycles. The van der Waals surface area contributed by atoms with E-state index in [1.165, 1.54) is 29.4 Å². The van der Waals surface area contributed by atoms with Crippen LogP contribution in [-0.2, 0) is 14.4 Å². The Balaban J connectivity index is 2.12. The molecule has 9 heteroatoms. The molecule has 0 spiro atoms. The highest BCUT2D eigenvalue weighted by molar-refractivity contribution is 7.14. The van der Waals surface area contributed by atoms with Crippen molar-refractivity contribution in [2.24, 2.45) is 5.10 Å². The molecule has 0 bridgehead atoms. The number of nitrogens with one attached hydrogen (secondary N) is 2. The Bertz CT molecular complexity index is 920. The number of rotatable bonds is 5. The molecule has 0 radical (unpaired) electrons. The molecule has 2 aromatic rings. The highest BCUT2D eigenvalue weighted by Gasteiger charge is 2.18. The van der Waals surface area contributed by atoms with E-state index in [1.54, 1.807) is 19.2 Å². The molecule has 3 amide bonds. The molecule has 0 saturated carbocycles.